The highest BCUT2D eigenvalue weighted by atomic mass is 16.4. The fraction of sp³-hybridized carbons (Fsp3) is 0.667. The lowest BCUT2D eigenvalue weighted by molar-refractivity contribution is 0.0693. The summed E-state index contributed by atoms with van der Waals surface area (Å²) in [6.45, 7) is 0.393. The van der Waals surface area contributed by atoms with E-state index in [0.717, 1.165) is 56.9 Å². The summed E-state index contributed by atoms with van der Waals surface area (Å²) >= 11 is 0. The number of aliphatic hydroxyl groups is 2. The van der Waals surface area contributed by atoms with E-state index < -0.39 is 11.9 Å². The van der Waals surface area contributed by atoms with Crippen molar-refractivity contribution in [1.82, 2.24) is 0 Å². The van der Waals surface area contributed by atoms with Gasteiger partial charge in [0.2, 0.25) is 0 Å². The second-order valence-electron chi connectivity index (χ2n) is 9.28. The minimum absolute atomic E-state index is 0.101. The largest absolute Gasteiger partial charge is 0.478 e. The van der Waals surface area contributed by atoms with Crippen LogP contribution >= 0.6 is 0 Å². The van der Waals surface area contributed by atoms with Crippen LogP contribution in [0.25, 0.3) is 0 Å². The van der Waals surface area contributed by atoms with Crippen molar-refractivity contribution in [2.45, 2.75) is 64.2 Å². The highest BCUT2D eigenvalue weighted by molar-refractivity contribution is 5.97. The Morgan fingerprint density at radius 3 is 1.60 bits per heavy atom. The SMILES string of the molecule is O=C(O)c1ccc(CC2CCC(CO)CC2)c(C(=O)O)c1CC1CCC(CO)CC1. The summed E-state index contributed by atoms with van der Waals surface area (Å²) in [5.41, 5.74) is 1.48. The van der Waals surface area contributed by atoms with Gasteiger partial charge in [0, 0.05) is 13.2 Å². The molecule has 2 fully saturated rings. The third-order valence-corrected chi connectivity index (χ3v) is 7.29. The zero-order valence-electron chi connectivity index (χ0n) is 17.6. The fourth-order valence-electron chi connectivity index (χ4n) is 5.38. The molecule has 0 saturated heterocycles. The Bertz CT molecular complexity index is 742. The lowest BCUT2D eigenvalue weighted by atomic mass is 9.76. The highest BCUT2D eigenvalue weighted by Crippen LogP contribution is 2.35. The summed E-state index contributed by atoms with van der Waals surface area (Å²) in [6.07, 6.45) is 8.53. The monoisotopic (exact) mass is 418 g/mol. The first kappa shape index (κ1) is 22.8. The summed E-state index contributed by atoms with van der Waals surface area (Å²) in [7, 11) is 0. The Balaban J connectivity index is 1.84. The standard InChI is InChI=1S/C24H34O6/c25-13-17-5-1-15(2-6-17)11-19-9-10-20(23(27)28)21(22(19)24(29)30)12-16-3-7-18(14-26)8-4-16/h9-10,15-18,25-26H,1-8,11-14H2,(H,27,28)(H,29,30). The number of hydrogen-bond acceptors (Lipinski definition) is 4. The molecule has 0 radical (unpaired) electrons. The van der Waals surface area contributed by atoms with E-state index in [-0.39, 0.29) is 30.3 Å². The van der Waals surface area contributed by atoms with Crippen LogP contribution in [0.1, 0.15) is 83.2 Å². The van der Waals surface area contributed by atoms with Crippen LogP contribution in [0.5, 0.6) is 0 Å². The molecule has 6 nitrogen and oxygen atoms in total. The molecular weight excluding hydrogens is 384 g/mol. The number of carboxylic acid groups (broad SMARTS) is 2. The molecule has 0 spiro atoms. The molecule has 2 aliphatic carbocycles. The molecule has 30 heavy (non-hydrogen) atoms. The molecule has 6 heteroatoms. The Hall–Kier alpha value is -1.92. The first-order chi connectivity index (χ1) is 14.4. The summed E-state index contributed by atoms with van der Waals surface area (Å²) in [6, 6.07) is 3.27. The van der Waals surface area contributed by atoms with Crippen molar-refractivity contribution in [2.24, 2.45) is 23.7 Å². The van der Waals surface area contributed by atoms with Crippen LogP contribution in [0.2, 0.25) is 0 Å². The zero-order valence-corrected chi connectivity index (χ0v) is 17.6. The zero-order chi connectivity index (χ0) is 21.7. The Morgan fingerprint density at radius 2 is 1.17 bits per heavy atom. The van der Waals surface area contributed by atoms with Gasteiger partial charge in [-0.25, -0.2) is 9.59 Å². The van der Waals surface area contributed by atoms with Crippen LogP contribution in [0.4, 0.5) is 0 Å². The van der Waals surface area contributed by atoms with E-state index in [1.807, 2.05) is 0 Å². The van der Waals surface area contributed by atoms with E-state index in [2.05, 4.69) is 0 Å². The minimum atomic E-state index is -1.08. The van der Waals surface area contributed by atoms with Crippen LogP contribution in [0.3, 0.4) is 0 Å². The average Bonchev–Trinajstić information content (AvgIpc) is 2.74. The molecule has 4 N–H and O–H groups in total. The van der Waals surface area contributed by atoms with Crippen molar-refractivity contribution in [3.8, 4) is 0 Å². The lowest BCUT2D eigenvalue weighted by Crippen LogP contribution is -2.23. The number of rotatable bonds is 8. The molecule has 0 unspecified atom stereocenters. The van der Waals surface area contributed by atoms with Crippen LogP contribution in [0, 0.1) is 23.7 Å². The smallest absolute Gasteiger partial charge is 0.336 e. The molecule has 3 rings (SSSR count). The molecule has 1 aromatic rings. The molecule has 0 aromatic heterocycles. The molecule has 0 atom stereocenters. The van der Waals surface area contributed by atoms with Gasteiger partial charge in [-0.15, -0.1) is 0 Å². The molecule has 0 amide bonds. The van der Waals surface area contributed by atoms with Crippen LogP contribution in [-0.4, -0.2) is 45.6 Å². The van der Waals surface area contributed by atoms with E-state index >= 15 is 0 Å². The van der Waals surface area contributed by atoms with E-state index in [1.165, 1.54) is 0 Å². The van der Waals surface area contributed by atoms with E-state index in [4.69, 9.17) is 0 Å². The summed E-state index contributed by atoms with van der Waals surface area (Å²) in [4.78, 5) is 24.1. The van der Waals surface area contributed by atoms with Crippen LogP contribution in [-0.2, 0) is 12.8 Å². The predicted octanol–water partition coefficient (Wildman–Crippen LogP) is 3.77. The highest BCUT2D eigenvalue weighted by Gasteiger charge is 2.29. The van der Waals surface area contributed by atoms with E-state index in [1.54, 1.807) is 12.1 Å². The fourth-order valence-corrected chi connectivity index (χ4v) is 5.38. The van der Waals surface area contributed by atoms with Gasteiger partial charge in [0.1, 0.15) is 0 Å². The van der Waals surface area contributed by atoms with E-state index in [9.17, 15) is 30.0 Å². The van der Waals surface area contributed by atoms with Crippen molar-refractivity contribution in [1.29, 1.82) is 0 Å². The quantitative estimate of drug-likeness (QED) is 0.511. The second kappa shape index (κ2) is 10.4. The van der Waals surface area contributed by atoms with Gasteiger partial charge in [0.15, 0.2) is 0 Å². The van der Waals surface area contributed by atoms with Crippen molar-refractivity contribution in [3.05, 3.63) is 34.4 Å². The lowest BCUT2D eigenvalue weighted by Gasteiger charge is -2.29. The second-order valence-corrected chi connectivity index (χ2v) is 9.28. The van der Waals surface area contributed by atoms with Crippen molar-refractivity contribution < 1.29 is 30.0 Å². The molecule has 0 aliphatic heterocycles. The Morgan fingerprint density at radius 1 is 0.700 bits per heavy atom. The maximum absolute atomic E-state index is 12.2. The topological polar surface area (TPSA) is 115 Å². The van der Waals surface area contributed by atoms with Crippen molar-refractivity contribution >= 4 is 11.9 Å². The van der Waals surface area contributed by atoms with Gasteiger partial charge >= 0.3 is 11.9 Å². The normalized spacial score (nSPS) is 27.0. The Kier molecular flexibility index (Phi) is 7.89. The molecule has 2 aliphatic rings. The average molecular weight is 419 g/mol. The molecule has 2 saturated carbocycles. The van der Waals surface area contributed by atoms with Crippen LogP contribution in [0.15, 0.2) is 12.1 Å². The summed E-state index contributed by atoms with van der Waals surface area (Å²) in [5, 5.41) is 38.4. The first-order valence-electron chi connectivity index (χ1n) is 11.3. The minimum Gasteiger partial charge on any atom is -0.478 e. The van der Waals surface area contributed by atoms with Gasteiger partial charge in [-0.1, -0.05) is 6.07 Å². The van der Waals surface area contributed by atoms with Crippen molar-refractivity contribution in [2.75, 3.05) is 13.2 Å². The Labute approximate surface area is 177 Å². The molecule has 1 aromatic carbocycles. The first-order valence-corrected chi connectivity index (χ1v) is 11.3. The number of carboxylic acids is 2. The van der Waals surface area contributed by atoms with Gasteiger partial charge in [-0.3, -0.25) is 0 Å². The number of aromatic carboxylic acids is 2. The number of carbonyl (C=O) groups is 2. The van der Waals surface area contributed by atoms with Gasteiger partial charge in [-0.2, -0.15) is 0 Å². The number of hydrogen-bond donors (Lipinski definition) is 4. The van der Waals surface area contributed by atoms with Gasteiger partial charge in [0.05, 0.1) is 11.1 Å². The summed E-state index contributed by atoms with van der Waals surface area (Å²) < 4.78 is 0. The number of aliphatic hydroxyl groups excluding tert-OH is 2. The van der Waals surface area contributed by atoms with Gasteiger partial charge < -0.3 is 20.4 Å². The van der Waals surface area contributed by atoms with Crippen LogP contribution < -0.4 is 0 Å². The maximum Gasteiger partial charge on any atom is 0.336 e. The summed E-state index contributed by atoms with van der Waals surface area (Å²) in [5.74, 6) is -0.852. The van der Waals surface area contributed by atoms with E-state index in [0.29, 0.717) is 36.2 Å². The third kappa shape index (κ3) is 5.41. The molecule has 0 heterocycles. The van der Waals surface area contributed by atoms with Gasteiger partial charge in [-0.05, 0) is 105 Å². The molecular formula is C24H34O6. The van der Waals surface area contributed by atoms with Crippen molar-refractivity contribution in [3.63, 3.8) is 0 Å². The number of benzene rings is 1. The molecule has 0 bridgehead atoms. The maximum atomic E-state index is 12.2. The molecule has 166 valence electrons. The van der Waals surface area contributed by atoms with Gasteiger partial charge in [0.25, 0.3) is 0 Å². The predicted molar refractivity (Wildman–Crippen MR) is 113 cm³/mol. The third-order valence-electron chi connectivity index (χ3n) is 7.29.